The Balaban J connectivity index is 1.45. The second kappa shape index (κ2) is 7.18. The molecule has 0 aromatic rings. The van der Waals surface area contributed by atoms with Crippen LogP contribution in [0.15, 0.2) is 24.3 Å². The first-order chi connectivity index (χ1) is 14.6. The van der Waals surface area contributed by atoms with Gasteiger partial charge in [0.05, 0.1) is 6.10 Å². The Morgan fingerprint density at radius 3 is 2.35 bits per heavy atom. The molecule has 6 aliphatic rings. The Morgan fingerprint density at radius 2 is 1.68 bits per heavy atom. The molecule has 2 spiro atoms. The average Bonchev–Trinajstić information content (AvgIpc) is 3.09. The summed E-state index contributed by atoms with van der Waals surface area (Å²) < 4.78 is 0. The molecular weight excluding hydrogens is 384 g/mol. The Bertz CT molecular complexity index is 772. The van der Waals surface area contributed by atoms with Crippen molar-refractivity contribution in [3.8, 4) is 0 Å². The van der Waals surface area contributed by atoms with Gasteiger partial charge in [0.15, 0.2) is 0 Å². The lowest BCUT2D eigenvalue weighted by atomic mass is 9.43. The molecule has 0 amide bonds. The summed E-state index contributed by atoms with van der Waals surface area (Å²) in [5.74, 6) is 3.64. The summed E-state index contributed by atoms with van der Waals surface area (Å²) >= 11 is 0. The summed E-state index contributed by atoms with van der Waals surface area (Å²) in [6.45, 7) is 14.4. The maximum Gasteiger partial charge on any atom is 0.130 e. The average molecular weight is 429 g/mol. The maximum atomic E-state index is 10.4. The van der Waals surface area contributed by atoms with Crippen LogP contribution in [0.25, 0.3) is 0 Å². The molecular formula is C28H44O3. The van der Waals surface area contributed by atoms with Gasteiger partial charge in [-0.05, 0) is 73.7 Å². The van der Waals surface area contributed by atoms with E-state index in [2.05, 4.69) is 65.8 Å². The SMILES string of the molecule is CC(C)[C@@H](C)/C=C/[C@@H](C)[C@H]1CC[C@@H]2[C@]1(C)CCC1[C@]23C=C[C@]2(C[C@@H](O)CC[C@]12C)OO3. The molecule has 10 atom stereocenters. The molecule has 0 aromatic heterocycles. The third-order valence-electron chi connectivity index (χ3n) is 11.1. The lowest BCUT2D eigenvalue weighted by molar-refractivity contribution is -0.497. The largest absolute Gasteiger partial charge is 0.393 e. The molecule has 0 radical (unpaired) electrons. The minimum Gasteiger partial charge on any atom is -0.393 e. The van der Waals surface area contributed by atoms with Gasteiger partial charge in [0.1, 0.15) is 11.2 Å². The third-order valence-corrected chi connectivity index (χ3v) is 11.1. The van der Waals surface area contributed by atoms with E-state index < -0.39 is 5.60 Å². The highest BCUT2D eigenvalue weighted by molar-refractivity contribution is 5.33. The summed E-state index contributed by atoms with van der Waals surface area (Å²) in [7, 11) is 0. The molecule has 4 aliphatic carbocycles. The molecule has 0 aromatic carbocycles. The van der Waals surface area contributed by atoms with Gasteiger partial charge in [-0.1, -0.05) is 59.8 Å². The molecule has 2 aliphatic heterocycles. The van der Waals surface area contributed by atoms with Crippen LogP contribution in [0.4, 0.5) is 0 Å². The molecule has 2 heterocycles. The Morgan fingerprint density at radius 1 is 0.903 bits per heavy atom. The van der Waals surface area contributed by atoms with Gasteiger partial charge >= 0.3 is 0 Å². The smallest absolute Gasteiger partial charge is 0.130 e. The number of rotatable bonds is 4. The minimum absolute atomic E-state index is 0.0663. The second-order valence-corrected chi connectivity index (χ2v) is 12.7. The normalized spacial score (nSPS) is 52.8. The van der Waals surface area contributed by atoms with Gasteiger partial charge in [0.2, 0.25) is 0 Å². The Kier molecular flexibility index (Phi) is 5.13. The fraction of sp³-hybridized carbons (Fsp3) is 0.857. The summed E-state index contributed by atoms with van der Waals surface area (Å²) in [5, 5.41) is 10.4. The van der Waals surface area contributed by atoms with E-state index in [0.717, 1.165) is 12.8 Å². The van der Waals surface area contributed by atoms with Gasteiger partial charge in [-0.3, -0.25) is 0 Å². The number of aliphatic hydroxyl groups is 1. The number of fused-ring (bicyclic) bond motifs is 2. The Hall–Kier alpha value is -0.640. The number of hydrogen-bond acceptors (Lipinski definition) is 3. The highest BCUT2D eigenvalue weighted by Crippen LogP contribution is 2.72. The zero-order chi connectivity index (χ0) is 22.2. The summed E-state index contributed by atoms with van der Waals surface area (Å²) in [6, 6.07) is 0. The van der Waals surface area contributed by atoms with Gasteiger partial charge < -0.3 is 5.11 Å². The fourth-order valence-electron chi connectivity index (χ4n) is 8.71. The van der Waals surface area contributed by atoms with Crippen molar-refractivity contribution in [1.82, 2.24) is 0 Å². The van der Waals surface area contributed by atoms with Crippen molar-refractivity contribution in [2.24, 2.45) is 46.3 Å². The first kappa shape index (κ1) is 22.2. The summed E-state index contributed by atoms with van der Waals surface area (Å²) in [6.07, 6.45) is 17.0. The van der Waals surface area contributed by atoms with Crippen LogP contribution in [-0.4, -0.2) is 22.4 Å². The van der Waals surface area contributed by atoms with Crippen molar-refractivity contribution in [3.05, 3.63) is 24.3 Å². The first-order valence-electron chi connectivity index (χ1n) is 13.0. The zero-order valence-corrected chi connectivity index (χ0v) is 20.6. The predicted octanol–water partition coefficient (Wildman–Crippen LogP) is 6.47. The van der Waals surface area contributed by atoms with Gasteiger partial charge in [-0.15, -0.1) is 0 Å². The van der Waals surface area contributed by atoms with Crippen LogP contribution in [0.2, 0.25) is 0 Å². The summed E-state index contributed by atoms with van der Waals surface area (Å²) in [5.41, 5.74) is -0.366. The molecule has 174 valence electrons. The molecule has 2 bridgehead atoms. The topological polar surface area (TPSA) is 38.7 Å². The van der Waals surface area contributed by atoms with E-state index in [-0.39, 0.29) is 22.5 Å². The van der Waals surface area contributed by atoms with Gasteiger partial charge in [-0.2, -0.15) is 0 Å². The minimum atomic E-state index is -0.439. The van der Waals surface area contributed by atoms with Crippen LogP contribution in [0.1, 0.15) is 86.5 Å². The van der Waals surface area contributed by atoms with Gasteiger partial charge in [-0.25, -0.2) is 9.78 Å². The standard InChI is InChI=1S/C28H44O3/c1-18(2)19(3)7-8-20(4)22-9-10-23-25(22,5)13-12-24-26(6)14-11-21(29)17-27(26)15-16-28(23,24)31-30-27/h7-8,15-16,18-24,29H,9-14,17H2,1-6H3/b8-7+/t19-,20+,21-,22+,23+,24?,25+,26+,27+,28-/m0/s1. The van der Waals surface area contributed by atoms with Crippen LogP contribution < -0.4 is 0 Å². The monoisotopic (exact) mass is 428 g/mol. The van der Waals surface area contributed by atoms with Crippen LogP contribution >= 0.6 is 0 Å². The first-order valence-corrected chi connectivity index (χ1v) is 13.0. The maximum absolute atomic E-state index is 10.4. The molecule has 1 N–H and O–H groups in total. The van der Waals surface area contributed by atoms with Gasteiger partial charge in [0.25, 0.3) is 0 Å². The molecule has 3 nitrogen and oxygen atoms in total. The molecule has 3 heteroatoms. The van der Waals surface area contributed by atoms with Crippen molar-refractivity contribution in [2.45, 2.75) is 104 Å². The van der Waals surface area contributed by atoms with E-state index in [9.17, 15) is 5.11 Å². The zero-order valence-electron chi connectivity index (χ0n) is 20.6. The van der Waals surface area contributed by atoms with E-state index in [1.807, 2.05) is 0 Å². The second-order valence-electron chi connectivity index (χ2n) is 12.7. The molecule has 6 rings (SSSR count). The van der Waals surface area contributed by atoms with E-state index in [1.54, 1.807) is 0 Å². The van der Waals surface area contributed by atoms with Crippen LogP contribution in [0.3, 0.4) is 0 Å². The van der Waals surface area contributed by atoms with Crippen LogP contribution in [0, 0.1) is 46.3 Å². The molecule has 3 saturated carbocycles. The number of allylic oxidation sites excluding steroid dienone is 2. The highest BCUT2D eigenvalue weighted by Gasteiger charge is 2.74. The number of hydrogen-bond donors (Lipinski definition) is 1. The van der Waals surface area contributed by atoms with E-state index in [4.69, 9.17) is 9.78 Å². The molecule has 1 saturated heterocycles. The Labute approximate surface area is 189 Å². The van der Waals surface area contributed by atoms with Crippen molar-refractivity contribution < 1.29 is 14.9 Å². The summed E-state index contributed by atoms with van der Waals surface area (Å²) in [4.78, 5) is 12.8. The predicted molar refractivity (Wildman–Crippen MR) is 124 cm³/mol. The van der Waals surface area contributed by atoms with Crippen LogP contribution in [-0.2, 0) is 9.78 Å². The van der Waals surface area contributed by atoms with Crippen LogP contribution in [0.5, 0.6) is 0 Å². The third kappa shape index (κ3) is 2.88. The van der Waals surface area contributed by atoms with Crippen molar-refractivity contribution in [2.75, 3.05) is 0 Å². The fourth-order valence-corrected chi connectivity index (χ4v) is 8.71. The molecule has 4 fully saturated rings. The number of aliphatic hydroxyl groups excluding tert-OH is 1. The molecule has 31 heavy (non-hydrogen) atoms. The lowest BCUT2D eigenvalue weighted by Crippen LogP contribution is -2.73. The van der Waals surface area contributed by atoms with Crippen molar-refractivity contribution in [3.63, 3.8) is 0 Å². The van der Waals surface area contributed by atoms with E-state index in [0.29, 0.717) is 41.9 Å². The quantitative estimate of drug-likeness (QED) is 0.412. The van der Waals surface area contributed by atoms with Crippen molar-refractivity contribution >= 4 is 0 Å². The highest BCUT2D eigenvalue weighted by atomic mass is 17.2. The lowest BCUT2D eigenvalue weighted by Gasteiger charge is -2.69. The van der Waals surface area contributed by atoms with Crippen molar-refractivity contribution in [1.29, 1.82) is 0 Å². The van der Waals surface area contributed by atoms with E-state index >= 15 is 0 Å². The molecule has 1 unspecified atom stereocenters. The van der Waals surface area contributed by atoms with E-state index in [1.165, 1.54) is 25.7 Å². The van der Waals surface area contributed by atoms with Gasteiger partial charge in [0, 0.05) is 23.7 Å².